The minimum atomic E-state index is -0.0514. The van der Waals surface area contributed by atoms with Crippen molar-refractivity contribution in [3.05, 3.63) is 29.6 Å². The second-order valence-electron chi connectivity index (χ2n) is 3.33. The summed E-state index contributed by atoms with van der Waals surface area (Å²) in [4.78, 5) is 14.8. The molecule has 0 atom stereocenters. The van der Waals surface area contributed by atoms with E-state index in [0.29, 0.717) is 12.2 Å². The van der Waals surface area contributed by atoms with Gasteiger partial charge in [0.1, 0.15) is 0 Å². The molecule has 0 aromatic carbocycles. The molecule has 0 fully saturated rings. The van der Waals surface area contributed by atoms with E-state index in [1.165, 1.54) is 6.92 Å². The van der Waals surface area contributed by atoms with Crippen molar-refractivity contribution in [2.75, 3.05) is 12.3 Å². The van der Waals surface area contributed by atoms with Crippen LogP contribution in [0, 0.1) is 6.92 Å². The summed E-state index contributed by atoms with van der Waals surface area (Å²) in [5.41, 5.74) is 8.17. The summed E-state index contributed by atoms with van der Waals surface area (Å²) in [6.07, 6.45) is 5.37. The number of hydrogen-bond acceptors (Lipinski definition) is 3. The number of pyridine rings is 1. The maximum Gasteiger partial charge on any atom is 0.217 e. The monoisotopic (exact) mass is 205 g/mol. The molecule has 1 aromatic heterocycles. The molecule has 1 rings (SSSR count). The molecular weight excluding hydrogens is 190 g/mol. The van der Waals surface area contributed by atoms with E-state index in [4.69, 9.17) is 5.73 Å². The van der Waals surface area contributed by atoms with E-state index in [1.54, 1.807) is 12.3 Å². The fourth-order valence-electron chi connectivity index (χ4n) is 1.11. The predicted octanol–water partition coefficient (Wildman–Crippen LogP) is 1.12. The van der Waals surface area contributed by atoms with Crippen LogP contribution in [-0.2, 0) is 4.79 Å². The first kappa shape index (κ1) is 11.2. The van der Waals surface area contributed by atoms with Gasteiger partial charge in [-0.15, -0.1) is 0 Å². The van der Waals surface area contributed by atoms with Crippen molar-refractivity contribution in [2.24, 2.45) is 0 Å². The van der Waals surface area contributed by atoms with Gasteiger partial charge < -0.3 is 11.1 Å². The lowest BCUT2D eigenvalue weighted by Crippen LogP contribution is -2.19. The lowest BCUT2D eigenvalue weighted by atomic mass is 10.2. The molecule has 4 heteroatoms. The molecule has 4 nitrogen and oxygen atoms in total. The fourth-order valence-corrected chi connectivity index (χ4v) is 1.11. The Morgan fingerprint density at radius 2 is 2.40 bits per heavy atom. The van der Waals surface area contributed by atoms with Gasteiger partial charge in [-0.05, 0) is 24.6 Å². The van der Waals surface area contributed by atoms with Crippen LogP contribution in [0.3, 0.4) is 0 Å². The third kappa shape index (κ3) is 3.81. The highest BCUT2D eigenvalue weighted by molar-refractivity contribution is 5.73. The van der Waals surface area contributed by atoms with Crippen LogP contribution in [0.1, 0.15) is 18.2 Å². The first-order chi connectivity index (χ1) is 7.09. The normalized spacial score (nSPS) is 10.5. The molecule has 1 heterocycles. The summed E-state index contributed by atoms with van der Waals surface area (Å²) in [7, 11) is 0. The van der Waals surface area contributed by atoms with Crippen LogP contribution in [0.4, 0.5) is 5.69 Å². The smallest absolute Gasteiger partial charge is 0.217 e. The Bertz CT molecular complexity index is 385. The van der Waals surface area contributed by atoms with E-state index in [1.807, 2.05) is 19.1 Å². The Kier molecular flexibility index (Phi) is 3.85. The van der Waals surface area contributed by atoms with Gasteiger partial charge in [0, 0.05) is 19.7 Å². The lowest BCUT2D eigenvalue weighted by molar-refractivity contribution is -0.118. The maximum atomic E-state index is 10.6. The molecular formula is C11H15N3O. The summed E-state index contributed by atoms with van der Waals surface area (Å²) in [5.74, 6) is -0.0514. The first-order valence-corrected chi connectivity index (χ1v) is 4.72. The molecule has 0 unspecified atom stereocenters. The van der Waals surface area contributed by atoms with Gasteiger partial charge in [0.05, 0.1) is 11.4 Å². The number of amides is 1. The van der Waals surface area contributed by atoms with Gasteiger partial charge in [-0.25, -0.2) is 0 Å². The SMILES string of the molecule is CC(=O)NCC=Cc1ncc(C)cc1N. The molecule has 80 valence electrons. The number of nitrogens with two attached hydrogens (primary N) is 1. The molecule has 0 saturated carbocycles. The Hall–Kier alpha value is -1.84. The van der Waals surface area contributed by atoms with Crippen LogP contribution in [0.2, 0.25) is 0 Å². The highest BCUT2D eigenvalue weighted by atomic mass is 16.1. The van der Waals surface area contributed by atoms with E-state index >= 15 is 0 Å². The molecule has 15 heavy (non-hydrogen) atoms. The average Bonchev–Trinajstić information content (AvgIpc) is 2.14. The number of hydrogen-bond donors (Lipinski definition) is 2. The second kappa shape index (κ2) is 5.14. The molecule has 1 amide bonds. The number of nitrogens with one attached hydrogen (secondary N) is 1. The number of carbonyl (C=O) groups excluding carboxylic acids is 1. The van der Waals surface area contributed by atoms with E-state index in [9.17, 15) is 4.79 Å². The summed E-state index contributed by atoms with van der Waals surface area (Å²) in [5, 5.41) is 2.65. The Morgan fingerprint density at radius 3 is 3.00 bits per heavy atom. The van der Waals surface area contributed by atoms with E-state index < -0.39 is 0 Å². The van der Waals surface area contributed by atoms with E-state index in [-0.39, 0.29) is 5.91 Å². The highest BCUT2D eigenvalue weighted by Gasteiger charge is 1.95. The number of aromatic nitrogens is 1. The number of nitrogens with zero attached hydrogens (tertiary/aromatic N) is 1. The molecule has 0 bridgehead atoms. The summed E-state index contributed by atoms with van der Waals surface area (Å²) >= 11 is 0. The second-order valence-corrected chi connectivity index (χ2v) is 3.33. The van der Waals surface area contributed by atoms with Gasteiger partial charge in [-0.3, -0.25) is 9.78 Å². The number of carbonyl (C=O) groups is 1. The minimum absolute atomic E-state index is 0.0514. The standard InChI is InChI=1S/C11H15N3O/c1-8-6-10(12)11(14-7-8)4-3-5-13-9(2)15/h3-4,6-7H,5,12H2,1-2H3,(H,13,15). The third-order valence-corrected chi connectivity index (χ3v) is 1.83. The van der Waals surface area contributed by atoms with Gasteiger partial charge >= 0.3 is 0 Å². The summed E-state index contributed by atoms with van der Waals surface area (Å²) in [6, 6.07) is 1.87. The zero-order chi connectivity index (χ0) is 11.3. The summed E-state index contributed by atoms with van der Waals surface area (Å²) in [6.45, 7) is 3.91. The van der Waals surface area contributed by atoms with Crippen LogP contribution < -0.4 is 11.1 Å². The largest absolute Gasteiger partial charge is 0.397 e. The van der Waals surface area contributed by atoms with Gasteiger partial charge in [0.15, 0.2) is 0 Å². The molecule has 0 aliphatic heterocycles. The Morgan fingerprint density at radius 1 is 1.67 bits per heavy atom. The van der Waals surface area contributed by atoms with Crippen LogP contribution >= 0.6 is 0 Å². The van der Waals surface area contributed by atoms with Crippen molar-refractivity contribution < 1.29 is 4.79 Å². The fraction of sp³-hybridized carbons (Fsp3) is 0.273. The zero-order valence-electron chi connectivity index (χ0n) is 8.95. The predicted molar refractivity (Wildman–Crippen MR) is 61.1 cm³/mol. The van der Waals surface area contributed by atoms with Gasteiger partial charge in [-0.1, -0.05) is 6.08 Å². The summed E-state index contributed by atoms with van der Waals surface area (Å²) < 4.78 is 0. The van der Waals surface area contributed by atoms with Gasteiger partial charge in [0.2, 0.25) is 5.91 Å². The van der Waals surface area contributed by atoms with Crippen molar-refractivity contribution >= 4 is 17.7 Å². The molecule has 3 N–H and O–H groups in total. The molecule has 0 radical (unpaired) electrons. The average molecular weight is 205 g/mol. The molecule has 1 aromatic rings. The van der Waals surface area contributed by atoms with E-state index in [0.717, 1.165) is 11.3 Å². The Balaban J connectivity index is 2.60. The molecule has 0 aliphatic rings. The quantitative estimate of drug-likeness (QED) is 0.777. The van der Waals surface area contributed by atoms with Crippen LogP contribution in [-0.4, -0.2) is 17.4 Å². The van der Waals surface area contributed by atoms with Gasteiger partial charge in [0.25, 0.3) is 0 Å². The number of rotatable bonds is 3. The van der Waals surface area contributed by atoms with Crippen molar-refractivity contribution in [2.45, 2.75) is 13.8 Å². The topological polar surface area (TPSA) is 68.0 Å². The molecule has 0 spiro atoms. The Labute approximate surface area is 89.2 Å². The molecule has 0 aliphatic carbocycles. The number of anilines is 1. The third-order valence-electron chi connectivity index (χ3n) is 1.83. The van der Waals surface area contributed by atoms with Crippen LogP contribution in [0.5, 0.6) is 0 Å². The van der Waals surface area contributed by atoms with Crippen molar-refractivity contribution in [3.63, 3.8) is 0 Å². The lowest BCUT2D eigenvalue weighted by Gasteiger charge is -2.00. The molecule has 0 saturated heterocycles. The highest BCUT2D eigenvalue weighted by Crippen LogP contribution is 2.11. The minimum Gasteiger partial charge on any atom is -0.397 e. The number of aryl methyl sites for hydroxylation is 1. The zero-order valence-corrected chi connectivity index (χ0v) is 8.95. The van der Waals surface area contributed by atoms with Crippen molar-refractivity contribution in [1.82, 2.24) is 10.3 Å². The first-order valence-electron chi connectivity index (χ1n) is 4.72. The van der Waals surface area contributed by atoms with Crippen molar-refractivity contribution in [3.8, 4) is 0 Å². The van der Waals surface area contributed by atoms with Crippen molar-refractivity contribution in [1.29, 1.82) is 0 Å². The van der Waals surface area contributed by atoms with E-state index in [2.05, 4.69) is 10.3 Å². The van der Waals surface area contributed by atoms with Crippen LogP contribution in [0.15, 0.2) is 18.3 Å². The number of nitrogen functional groups attached to an aromatic ring is 1. The van der Waals surface area contributed by atoms with Crippen LogP contribution in [0.25, 0.3) is 6.08 Å². The maximum absolute atomic E-state index is 10.6. The van der Waals surface area contributed by atoms with Gasteiger partial charge in [-0.2, -0.15) is 0 Å².